The molecule has 1 heterocycles. The molecule has 7 aromatic rings. The van der Waals surface area contributed by atoms with Crippen molar-refractivity contribution in [2.75, 3.05) is 0 Å². The minimum absolute atomic E-state index is 0.000177. The van der Waals surface area contributed by atoms with Gasteiger partial charge in [-0.3, -0.25) is 0 Å². The molecule has 3 nitrogen and oxygen atoms in total. The fourth-order valence-electron chi connectivity index (χ4n) is 8.19. The minimum Gasteiger partial charge on any atom is -0.228 e. The van der Waals surface area contributed by atoms with Crippen molar-refractivity contribution in [2.24, 2.45) is 0 Å². The smallest absolute Gasteiger partial charge is 0.160 e. The van der Waals surface area contributed by atoms with Gasteiger partial charge in [0.2, 0.25) is 0 Å². The average molecular weight is 616 g/mol. The lowest BCUT2D eigenvalue weighted by atomic mass is 9.67. The zero-order chi connectivity index (χ0) is 32.1. The summed E-state index contributed by atoms with van der Waals surface area (Å²) in [6, 6.07) is 51.8. The molecular formula is C45H33N3. The molecule has 2 aliphatic carbocycles. The monoisotopic (exact) mass is 615 g/mol. The number of rotatable bonds is 4. The normalized spacial score (nSPS) is 14.4. The van der Waals surface area contributed by atoms with Gasteiger partial charge in [0.25, 0.3) is 0 Å². The van der Waals surface area contributed by atoms with Crippen molar-refractivity contribution in [3.05, 3.63) is 156 Å². The lowest BCUT2D eigenvalue weighted by molar-refractivity contribution is 0.353. The Morgan fingerprint density at radius 3 is 2.04 bits per heavy atom. The Morgan fingerprint density at radius 1 is 0.479 bits per heavy atom. The first-order valence-electron chi connectivity index (χ1n) is 16.9. The van der Waals surface area contributed by atoms with E-state index in [1.165, 1.54) is 57.9 Å². The molecule has 1 saturated carbocycles. The molecule has 6 aromatic carbocycles. The number of fused-ring (bicyclic) bond motifs is 6. The van der Waals surface area contributed by atoms with Gasteiger partial charge >= 0.3 is 0 Å². The van der Waals surface area contributed by atoms with Gasteiger partial charge in [0.05, 0.1) is 23.0 Å². The summed E-state index contributed by atoms with van der Waals surface area (Å²) in [6.07, 6.45) is 5.99. The third kappa shape index (κ3) is 4.64. The van der Waals surface area contributed by atoms with E-state index in [9.17, 15) is 5.26 Å². The molecule has 1 fully saturated rings. The predicted octanol–water partition coefficient (Wildman–Crippen LogP) is 11.4. The van der Waals surface area contributed by atoms with Gasteiger partial charge in [-0.25, -0.2) is 9.97 Å². The van der Waals surface area contributed by atoms with Gasteiger partial charge in [-0.05, 0) is 87.3 Å². The Balaban J connectivity index is 1.21. The van der Waals surface area contributed by atoms with Gasteiger partial charge in [0.15, 0.2) is 5.82 Å². The highest BCUT2D eigenvalue weighted by molar-refractivity contribution is 5.91. The van der Waals surface area contributed by atoms with Crippen LogP contribution in [0.1, 0.15) is 48.8 Å². The molecule has 228 valence electrons. The van der Waals surface area contributed by atoms with Crippen LogP contribution in [-0.4, -0.2) is 9.97 Å². The second kappa shape index (κ2) is 11.4. The largest absolute Gasteiger partial charge is 0.228 e. The average Bonchev–Trinajstić information content (AvgIpc) is 3.42. The third-order valence-electron chi connectivity index (χ3n) is 10.5. The van der Waals surface area contributed by atoms with Crippen LogP contribution in [0.5, 0.6) is 0 Å². The van der Waals surface area contributed by atoms with Gasteiger partial charge in [0.1, 0.15) is 0 Å². The van der Waals surface area contributed by atoms with Crippen LogP contribution >= 0.6 is 0 Å². The molecule has 0 saturated heterocycles. The van der Waals surface area contributed by atoms with Crippen LogP contribution < -0.4 is 0 Å². The molecule has 0 aliphatic heterocycles. The lowest BCUT2D eigenvalue weighted by Crippen LogP contribution is -2.28. The van der Waals surface area contributed by atoms with E-state index in [1.54, 1.807) is 0 Å². The molecular weight excluding hydrogens is 583 g/mol. The van der Waals surface area contributed by atoms with Gasteiger partial charge in [-0.2, -0.15) is 5.26 Å². The van der Waals surface area contributed by atoms with Gasteiger partial charge in [-0.15, -0.1) is 0 Å². The van der Waals surface area contributed by atoms with E-state index < -0.39 is 0 Å². The molecule has 0 amide bonds. The Bertz CT molecular complexity index is 2390. The summed E-state index contributed by atoms with van der Waals surface area (Å²) in [6.45, 7) is 0. The van der Waals surface area contributed by atoms with Crippen molar-refractivity contribution in [1.82, 2.24) is 9.97 Å². The van der Waals surface area contributed by atoms with E-state index >= 15 is 0 Å². The summed E-state index contributed by atoms with van der Waals surface area (Å²) in [4.78, 5) is 10.3. The van der Waals surface area contributed by atoms with E-state index in [-0.39, 0.29) is 5.41 Å². The number of nitriles is 1. The van der Waals surface area contributed by atoms with Crippen LogP contribution in [0, 0.1) is 11.3 Å². The second-order valence-corrected chi connectivity index (χ2v) is 13.2. The Labute approximate surface area is 281 Å². The molecule has 1 spiro atoms. The standard InChI is InChI=1S/C45H33N3/c46-29-30-17-21-37-39-27-34(20-22-40(39)45(41(37)25-30)23-9-2-10-24-45)36-15-7-8-16-38(36)43-28-42(47-44(48-43)32-12-3-1-4-13-32)35-19-18-31-11-5-6-14-33(31)26-35/h1,3-8,11-22,25-28H,2,9-10,23-24H2. The highest BCUT2D eigenvalue weighted by atomic mass is 14.9. The molecule has 1 aromatic heterocycles. The lowest BCUT2D eigenvalue weighted by Gasteiger charge is -2.36. The van der Waals surface area contributed by atoms with Crippen LogP contribution in [0.2, 0.25) is 0 Å². The number of hydrogen-bond donors (Lipinski definition) is 0. The van der Waals surface area contributed by atoms with E-state index in [4.69, 9.17) is 9.97 Å². The summed E-state index contributed by atoms with van der Waals surface area (Å²) in [5.74, 6) is 0.710. The maximum Gasteiger partial charge on any atom is 0.160 e. The van der Waals surface area contributed by atoms with Crippen molar-refractivity contribution < 1.29 is 0 Å². The molecule has 0 unspecified atom stereocenters. The molecule has 3 heteroatoms. The van der Waals surface area contributed by atoms with Crippen molar-refractivity contribution in [3.8, 4) is 62.2 Å². The number of hydrogen-bond acceptors (Lipinski definition) is 3. The summed E-state index contributed by atoms with van der Waals surface area (Å²) in [5, 5.41) is 12.2. The van der Waals surface area contributed by atoms with Crippen LogP contribution in [-0.2, 0) is 5.41 Å². The van der Waals surface area contributed by atoms with Crippen molar-refractivity contribution in [1.29, 1.82) is 5.26 Å². The Hall–Kier alpha value is -5.85. The van der Waals surface area contributed by atoms with Gasteiger partial charge in [-0.1, -0.05) is 128 Å². The van der Waals surface area contributed by atoms with Crippen molar-refractivity contribution in [2.45, 2.75) is 37.5 Å². The molecule has 9 rings (SSSR count). The fraction of sp³-hybridized carbons (Fsp3) is 0.133. The molecule has 0 bridgehead atoms. The third-order valence-corrected chi connectivity index (χ3v) is 10.5. The molecule has 0 N–H and O–H groups in total. The molecule has 2 aliphatic rings. The van der Waals surface area contributed by atoms with Crippen LogP contribution in [0.15, 0.2) is 140 Å². The minimum atomic E-state index is -0.000177. The van der Waals surface area contributed by atoms with E-state index in [1.807, 2.05) is 24.3 Å². The number of aromatic nitrogens is 2. The van der Waals surface area contributed by atoms with E-state index in [0.717, 1.165) is 52.0 Å². The fourth-order valence-corrected chi connectivity index (χ4v) is 8.19. The number of nitrogens with zero attached hydrogens (tertiary/aromatic N) is 3. The first kappa shape index (κ1) is 28.4. The summed E-state index contributed by atoms with van der Waals surface area (Å²) in [5.41, 5.74) is 13.3. The quantitative estimate of drug-likeness (QED) is 0.198. The molecule has 48 heavy (non-hydrogen) atoms. The first-order chi connectivity index (χ1) is 23.7. The maximum atomic E-state index is 9.77. The predicted molar refractivity (Wildman–Crippen MR) is 195 cm³/mol. The van der Waals surface area contributed by atoms with Crippen LogP contribution in [0.4, 0.5) is 0 Å². The highest BCUT2D eigenvalue weighted by Crippen LogP contribution is 2.56. The summed E-state index contributed by atoms with van der Waals surface area (Å²) in [7, 11) is 0. The van der Waals surface area contributed by atoms with Gasteiger partial charge in [0, 0.05) is 22.1 Å². The zero-order valence-electron chi connectivity index (χ0n) is 26.7. The van der Waals surface area contributed by atoms with E-state index in [2.05, 4.69) is 121 Å². The Morgan fingerprint density at radius 2 is 1.21 bits per heavy atom. The van der Waals surface area contributed by atoms with Crippen molar-refractivity contribution in [3.63, 3.8) is 0 Å². The molecule has 0 atom stereocenters. The Kier molecular flexibility index (Phi) is 6.76. The second-order valence-electron chi connectivity index (χ2n) is 13.2. The summed E-state index contributed by atoms with van der Waals surface area (Å²) >= 11 is 0. The maximum absolute atomic E-state index is 9.77. The first-order valence-corrected chi connectivity index (χ1v) is 16.9. The summed E-state index contributed by atoms with van der Waals surface area (Å²) < 4.78 is 0. The SMILES string of the molecule is N#Cc1ccc2c(c1)C1(CCCCC1)c1ccc(-c3ccccc3-c3cc(-c4ccc5ccccc5c4)nc(-c4ccccc4)n3)cc1-2. The zero-order valence-corrected chi connectivity index (χ0v) is 26.7. The highest BCUT2D eigenvalue weighted by Gasteiger charge is 2.44. The van der Waals surface area contributed by atoms with E-state index in [0.29, 0.717) is 5.82 Å². The van der Waals surface area contributed by atoms with Crippen molar-refractivity contribution >= 4 is 10.8 Å². The topological polar surface area (TPSA) is 49.6 Å². The molecule has 0 radical (unpaired) electrons. The number of benzene rings is 6. The van der Waals surface area contributed by atoms with Crippen LogP contribution in [0.25, 0.3) is 66.9 Å². The van der Waals surface area contributed by atoms with Gasteiger partial charge < -0.3 is 0 Å². The van der Waals surface area contributed by atoms with Crippen LogP contribution in [0.3, 0.4) is 0 Å².